The van der Waals surface area contributed by atoms with E-state index in [9.17, 15) is 4.79 Å². The van der Waals surface area contributed by atoms with Crippen molar-refractivity contribution in [2.24, 2.45) is 0 Å². The highest BCUT2D eigenvalue weighted by Gasteiger charge is 2.06. The molecular formula is C15H15ClN2O2. The van der Waals surface area contributed by atoms with Crippen LogP contribution >= 0.6 is 11.6 Å². The smallest absolute Gasteiger partial charge is 0.262 e. The summed E-state index contributed by atoms with van der Waals surface area (Å²) in [5.41, 5.74) is 1.56. The lowest BCUT2D eigenvalue weighted by atomic mass is 10.3. The number of hydrogen-bond acceptors (Lipinski definition) is 3. The van der Waals surface area contributed by atoms with Gasteiger partial charge in [0.25, 0.3) is 5.91 Å². The lowest BCUT2D eigenvalue weighted by molar-refractivity contribution is -0.118. The van der Waals surface area contributed by atoms with Gasteiger partial charge in [0.15, 0.2) is 6.61 Å². The number of nitrogens with one attached hydrogen (secondary N) is 2. The largest absolute Gasteiger partial charge is 0.484 e. The molecule has 4 nitrogen and oxygen atoms in total. The van der Waals surface area contributed by atoms with E-state index in [1.54, 1.807) is 36.4 Å². The maximum Gasteiger partial charge on any atom is 0.262 e. The third-order valence-electron chi connectivity index (χ3n) is 2.66. The van der Waals surface area contributed by atoms with E-state index in [1.165, 1.54) is 0 Å². The molecule has 0 unspecified atom stereocenters. The molecule has 2 aromatic carbocycles. The topological polar surface area (TPSA) is 50.4 Å². The summed E-state index contributed by atoms with van der Waals surface area (Å²) in [7, 11) is 1.84. The second-order valence-electron chi connectivity index (χ2n) is 4.09. The lowest BCUT2D eigenvalue weighted by Gasteiger charge is -2.09. The summed E-state index contributed by atoms with van der Waals surface area (Å²) in [6.45, 7) is -0.0654. The van der Waals surface area contributed by atoms with Crippen LogP contribution in [0.15, 0.2) is 48.5 Å². The first-order chi connectivity index (χ1) is 9.69. The van der Waals surface area contributed by atoms with Gasteiger partial charge in [-0.3, -0.25) is 4.79 Å². The minimum atomic E-state index is -0.254. The van der Waals surface area contributed by atoms with E-state index in [0.29, 0.717) is 16.5 Å². The highest BCUT2D eigenvalue weighted by molar-refractivity contribution is 6.33. The van der Waals surface area contributed by atoms with Gasteiger partial charge >= 0.3 is 0 Å². The molecule has 0 aliphatic carbocycles. The Kier molecular flexibility index (Phi) is 4.85. The van der Waals surface area contributed by atoms with Gasteiger partial charge in [0.1, 0.15) is 5.75 Å². The molecule has 5 heteroatoms. The number of ether oxygens (including phenoxy) is 1. The van der Waals surface area contributed by atoms with Gasteiger partial charge < -0.3 is 15.4 Å². The van der Waals surface area contributed by atoms with Crippen molar-refractivity contribution in [2.75, 3.05) is 24.3 Å². The highest BCUT2D eigenvalue weighted by atomic mass is 35.5. The van der Waals surface area contributed by atoms with E-state index >= 15 is 0 Å². The van der Waals surface area contributed by atoms with Crippen LogP contribution in [0.2, 0.25) is 5.02 Å². The zero-order chi connectivity index (χ0) is 14.4. The van der Waals surface area contributed by atoms with E-state index in [0.717, 1.165) is 5.69 Å². The number of carbonyl (C=O) groups is 1. The average molecular weight is 291 g/mol. The van der Waals surface area contributed by atoms with E-state index < -0.39 is 0 Å². The molecule has 0 heterocycles. The summed E-state index contributed by atoms with van der Waals surface area (Å²) in [4.78, 5) is 11.8. The molecule has 0 spiro atoms. The minimum Gasteiger partial charge on any atom is -0.484 e. The van der Waals surface area contributed by atoms with Gasteiger partial charge in [-0.15, -0.1) is 0 Å². The number of rotatable bonds is 5. The Morgan fingerprint density at radius 1 is 1.15 bits per heavy atom. The molecule has 104 valence electrons. The van der Waals surface area contributed by atoms with Gasteiger partial charge in [-0.2, -0.15) is 0 Å². The van der Waals surface area contributed by atoms with Gasteiger partial charge in [0.2, 0.25) is 0 Å². The van der Waals surface area contributed by atoms with Crippen LogP contribution < -0.4 is 15.4 Å². The van der Waals surface area contributed by atoms with Gasteiger partial charge in [-0.1, -0.05) is 23.7 Å². The summed E-state index contributed by atoms with van der Waals surface area (Å²) in [6, 6.07) is 14.4. The first-order valence-corrected chi connectivity index (χ1v) is 6.52. The molecule has 2 N–H and O–H groups in total. The molecule has 0 aromatic heterocycles. The van der Waals surface area contributed by atoms with Crippen molar-refractivity contribution in [1.82, 2.24) is 0 Å². The fourth-order valence-electron chi connectivity index (χ4n) is 1.62. The van der Waals surface area contributed by atoms with Gasteiger partial charge in [-0.25, -0.2) is 0 Å². The number of amides is 1. The quantitative estimate of drug-likeness (QED) is 0.887. The second-order valence-corrected chi connectivity index (χ2v) is 4.50. The molecule has 0 aliphatic heterocycles. The molecule has 0 fully saturated rings. The molecule has 0 radical (unpaired) electrons. The van der Waals surface area contributed by atoms with Crippen molar-refractivity contribution in [1.29, 1.82) is 0 Å². The number of anilines is 2. The summed E-state index contributed by atoms with van der Waals surface area (Å²) in [6.07, 6.45) is 0. The molecule has 2 rings (SSSR count). The monoisotopic (exact) mass is 290 g/mol. The van der Waals surface area contributed by atoms with Crippen molar-refractivity contribution in [3.8, 4) is 5.75 Å². The molecule has 0 saturated carbocycles. The molecule has 20 heavy (non-hydrogen) atoms. The fourth-order valence-corrected chi connectivity index (χ4v) is 1.80. The summed E-state index contributed by atoms with van der Waals surface area (Å²) >= 11 is 5.96. The number of carbonyl (C=O) groups excluding carboxylic acids is 1. The predicted molar refractivity (Wildman–Crippen MR) is 81.6 cm³/mol. The normalized spacial score (nSPS) is 9.90. The zero-order valence-corrected chi connectivity index (χ0v) is 11.8. The van der Waals surface area contributed by atoms with Crippen molar-refractivity contribution < 1.29 is 9.53 Å². The van der Waals surface area contributed by atoms with Crippen LogP contribution in [-0.2, 0) is 4.79 Å². The maximum absolute atomic E-state index is 11.8. The maximum atomic E-state index is 11.8. The third-order valence-corrected chi connectivity index (χ3v) is 2.99. The Balaban J connectivity index is 1.87. The number of benzene rings is 2. The van der Waals surface area contributed by atoms with Crippen LogP contribution in [0, 0.1) is 0 Å². The van der Waals surface area contributed by atoms with Crippen LogP contribution in [0.25, 0.3) is 0 Å². The van der Waals surface area contributed by atoms with Crippen LogP contribution in [-0.4, -0.2) is 19.6 Å². The summed E-state index contributed by atoms with van der Waals surface area (Å²) in [5.74, 6) is 0.383. The third kappa shape index (κ3) is 3.90. The Morgan fingerprint density at radius 3 is 2.50 bits per heavy atom. The molecular weight excluding hydrogens is 276 g/mol. The van der Waals surface area contributed by atoms with Crippen LogP contribution in [0.5, 0.6) is 5.75 Å². The highest BCUT2D eigenvalue weighted by Crippen LogP contribution is 2.20. The molecule has 0 saturated heterocycles. The van der Waals surface area contributed by atoms with Crippen LogP contribution in [0.1, 0.15) is 0 Å². The molecule has 0 atom stereocenters. The van der Waals surface area contributed by atoms with Crippen molar-refractivity contribution in [3.05, 3.63) is 53.6 Å². The first-order valence-electron chi connectivity index (χ1n) is 6.14. The zero-order valence-electron chi connectivity index (χ0n) is 11.0. The Bertz CT molecular complexity index is 585. The number of halogens is 1. The van der Waals surface area contributed by atoms with E-state index in [2.05, 4.69) is 10.6 Å². The average Bonchev–Trinajstić information content (AvgIpc) is 2.48. The van der Waals surface area contributed by atoms with Crippen molar-refractivity contribution in [3.63, 3.8) is 0 Å². The van der Waals surface area contributed by atoms with Gasteiger partial charge in [0.05, 0.1) is 10.7 Å². The number of hydrogen-bond donors (Lipinski definition) is 2. The molecule has 2 aromatic rings. The van der Waals surface area contributed by atoms with Gasteiger partial charge in [0, 0.05) is 12.7 Å². The van der Waals surface area contributed by atoms with Gasteiger partial charge in [-0.05, 0) is 36.4 Å². The summed E-state index contributed by atoms with van der Waals surface area (Å²) < 4.78 is 5.40. The van der Waals surface area contributed by atoms with Crippen LogP contribution in [0.3, 0.4) is 0 Å². The van der Waals surface area contributed by atoms with E-state index in [1.807, 2.05) is 19.2 Å². The van der Waals surface area contributed by atoms with E-state index in [4.69, 9.17) is 16.3 Å². The SMILES string of the molecule is CNc1ccc(OCC(=O)Nc2ccccc2Cl)cc1. The van der Waals surface area contributed by atoms with Crippen molar-refractivity contribution >= 4 is 28.9 Å². The minimum absolute atomic E-state index is 0.0654. The second kappa shape index (κ2) is 6.82. The van der Waals surface area contributed by atoms with Crippen molar-refractivity contribution in [2.45, 2.75) is 0 Å². The summed E-state index contributed by atoms with van der Waals surface area (Å²) in [5, 5.41) is 6.20. The van der Waals surface area contributed by atoms with E-state index in [-0.39, 0.29) is 12.5 Å². The fraction of sp³-hybridized carbons (Fsp3) is 0.133. The first kappa shape index (κ1) is 14.2. The predicted octanol–water partition coefficient (Wildman–Crippen LogP) is 3.40. The molecule has 0 aliphatic rings. The molecule has 0 bridgehead atoms. The molecule has 1 amide bonds. The Hall–Kier alpha value is -2.20. The number of para-hydroxylation sites is 1. The Labute approximate surface area is 122 Å². The Morgan fingerprint density at radius 2 is 1.85 bits per heavy atom. The lowest BCUT2D eigenvalue weighted by Crippen LogP contribution is -2.20. The standard InChI is InChI=1S/C15H15ClN2O2/c1-17-11-6-8-12(9-7-11)20-10-15(19)18-14-5-3-2-4-13(14)16/h2-9,17H,10H2,1H3,(H,18,19). The van der Waals surface area contributed by atoms with Crippen LogP contribution in [0.4, 0.5) is 11.4 Å².